The van der Waals surface area contributed by atoms with Gasteiger partial charge in [-0.25, -0.2) is 9.37 Å². The van der Waals surface area contributed by atoms with Crippen LogP contribution in [0.2, 0.25) is 0 Å². The molecule has 1 unspecified atom stereocenters. The van der Waals surface area contributed by atoms with Crippen molar-refractivity contribution in [1.82, 2.24) is 24.5 Å². The number of ether oxygens (including phenoxy) is 1. The summed E-state index contributed by atoms with van der Waals surface area (Å²) in [5.41, 5.74) is 3.51. The van der Waals surface area contributed by atoms with Gasteiger partial charge in [-0.05, 0) is 38.6 Å². The van der Waals surface area contributed by atoms with E-state index in [-0.39, 0.29) is 5.82 Å². The standard InChI is InChI=1S/C20H23FN6O/c1-26-7-2-3-13(11-26)15-9-22-20(27-12-24-25-19(15)27)23-10-16-14-6-8-28-18(14)5-4-17(16)21/h4-5,9,12-13H,2-3,6-8,10-11H2,1H3,(H,22,23). The Bertz CT molecular complexity index is 1020. The van der Waals surface area contributed by atoms with Crippen LogP contribution in [0.5, 0.6) is 5.75 Å². The lowest BCUT2D eigenvalue weighted by atomic mass is 9.92. The van der Waals surface area contributed by atoms with Gasteiger partial charge in [0.25, 0.3) is 0 Å². The van der Waals surface area contributed by atoms with Crippen LogP contribution in [0.4, 0.5) is 10.3 Å². The molecule has 2 aliphatic rings. The van der Waals surface area contributed by atoms with Gasteiger partial charge in [0.2, 0.25) is 5.95 Å². The minimum Gasteiger partial charge on any atom is -0.493 e. The molecule has 4 heterocycles. The van der Waals surface area contributed by atoms with E-state index in [1.165, 1.54) is 12.5 Å². The smallest absolute Gasteiger partial charge is 0.210 e. The van der Waals surface area contributed by atoms with Crippen LogP contribution in [-0.4, -0.2) is 51.2 Å². The number of likely N-dealkylation sites (tertiary alicyclic amines) is 1. The summed E-state index contributed by atoms with van der Waals surface area (Å²) in [4.78, 5) is 6.96. The molecule has 3 aromatic rings. The summed E-state index contributed by atoms with van der Waals surface area (Å²) in [6.45, 7) is 3.07. The molecule has 0 spiro atoms. The van der Waals surface area contributed by atoms with Gasteiger partial charge >= 0.3 is 0 Å². The summed E-state index contributed by atoms with van der Waals surface area (Å²) < 4.78 is 21.8. The van der Waals surface area contributed by atoms with Crippen molar-refractivity contribution in [2.24, 2.45) is 0 Å². The summed E-state index contributed by atoms with van der Waals surface area (Å²) in [7, 11) is 2.15. The van der Waals surface area contributed by atoms with Crippen LogP contribution in [0.15, 0.2) is 24.7 Å². The highest BCUT2D eigenvalue weighted by Crippen LogP contribution is 2.31. The SMILES string of the molecule is CN1CCCC(c2cnc(NCc3c(F)ccc4c3CCO4)n3cnnc23)C1. The Hall–Kier alpha value is -2.74. The van der Waals surface area contributed by atoms with Crippen LogP contribution in [-0.2, 0) is 13.0 Å². The first-order chi connectivity index (χ1) is 13.7. The number of halogens is 1. The number of piperidine rings is 1. The van der Waals surface area contributed by atoms with Crippen LogP contribution in [0, 0.1) is 5.82 Å². The third-order valence-corrected chi connectivity index (χ3v) is 5.79. The fourth-order valence-electron chi connectivity index (χ4n) is 4.35. The van der Waals surface area contributed by atoms with Gasteiger partial charge in [-0.15, -0.1) is 10.2 Å². The zero-order chi connectivity index (χ0) is 19.1. The molecule has 1 N–H and O–H groups in total. The summed E-state index contributed by atoms with van der Waals surface area (Å²) >= 11 is 0. The number of hydrogen-bond acceptors (Lipinski definition) is 6. The molecule has 0 bridgehead atoms. The predicted octanol–water partition coefficient (Wildman–Crippen LogP) is 2.62. The maximum Gasteiger partial charge on any atom is 0.210 e. The quantitative estimate of drug-likeness (QED) is 0.748. The van der Waals surface area contributed by atoms with E-state index in [1.807, 2.05) is 10.6 Å². The molecule has 0 saturated carbocycles. The molecule has 28 heavy (non-hydrogen) atoms. The Morgan fingerprint density at radius 1 is 1.36 bits per heavy atom. The molecule has 1 fully saturated rings. The van der Waals surface area contributed by atoms with Crippen LogP contribution < -0.4 is 10.1 Å². The van der Waals surface area contributed by atoms with Crippen LogP contribution in [0.25, 0.3) is 5.65 Å². The number of benzene rings is 1. The first-order valence-electron chi connectivity index (χ1n) is 9.75. The molecule has 1 atom stereocenters. The molecular formula is C20H23FN6O. The van der Waals surface area contributed by atoms with Gasteiger partial charge < -0.3 is 15.0 Å². The summed E-state index contributed by atoms with van der Waals surface area (Å²) in [6.07, 6.45) is 6.58. The van der Waals surface area contributed by atoms with E-state index in [9.17, 15) is 4.39 Å². The maximum atomic E-state index is 14.4. The number of aromatic nitrogens is 4. The van der Waals surface area contributed by atoms with Crippen molar-refractivity contribution in [3.8, 4) is 5.75 Å². The first kappa shape index (κ1) is 17.4. The van der Waals surface area contributed by atoms with Crippen molar-refractivity contribution in [2.45, 2.75) is 31.7 Å². The largest absolute Gasteiger partial charge is 0.493 e. The van der Waals surface area contributed by atoms with E-state index in [0.29, 0.717) is 30.6 Å². The number of fused-ring (bicyclic) bond motifs is 2. The number of hydrogen-bond donors (Lipinski definition) is 1. The molecule has 8 heteroatoms. The molecule has 0 amide bonds. The number of likely N-dealkylation sites (N-methyl/N-ethyl adjacent to an activating group) is 1. The zero-order valence-electron chi connectivity index (χ0n) is 15.9. The van der Waals surface area contributed by atoms with E-state index in [2.05, 4.69) is 32.4 Å². The molecule has 2 aromatic heterocycles. The number of rotatable bonds is 4. The highest BCUT2D eigenvalue weighted by atomic mass is 19.1. The Kier molecular flexibility index (Phi) is 4.35. The number of nitrogens with one attached hydrogen (secondary N) is 1. The molecule has 0 radical (unpaired) electrons. The Balaban J connectivity index is 1.43. The van der Waals surface area contributed by atoms with Crippen molar-refractivity contribution in [3.63, 3.8) is 0 Å². The van der Waals surface area contributed by atoms with E-state index in [4.69, 9.17) is 4.74 Å². The average Bonchev–Trinajstić information content (AvgIpc) is 3.36. The number of anilines is 1. The molecule has 1 aromatic carbocycles. The average molecular weight is 382 g/mol. The zero-order valence-corrected chi connectivity index (χ0v) is 15.9. The van der Waals surface area contributed by atoms with E-state index in [1.54, 1.807) is 12.4 Å². The minimum atomic E-state index is -0.224. The van der Waals surface area contributed by atoms with Gasteiger partial charge in [-0.2, -0.15) is 0 Å². The fourth-order valence-corrected chi connectivity index (χ4v) is 4.35. The lowest BCUT2D eigenvalue weighted by molar-refractivity contribution is 0.251. The number of nitrogens with zero attached hydrogens (tertiary/aromatic N) is 5. The van der Waals surface area contributed by atoms with Gasteiger partial charge in [-0.1, -0.05) is 0 Å². The summed E-state index contributed by atoms with van der Waals surface area (Å²) in [6, 6.07) is 3.17. The second-order valence-electron chi connectivity index (χ2n) is 7.62. The second kappa shape index (κ2) is 7.01. The third kappa shape index (κ3) is 2.97. The topological polar surface area (TPSA) is 67.6 Å². The molecular weight excluding hydrogens is 359 g/mol. The lowest BCUT2D eigenvalue weighted by Crippen LogP contribution is -2.31. The van der Waals surface area contributed by atoms with Crippen LogP contribution >= 0.6 is 0 Å². The lowest BCUT2D eigenvalue weighted by Gasteiger charge is -2.29. The Morgan fingerprint density at radius 3 is 3.18 bits per heavy atom. The molecule has 0 aliphatic carbocycles. The third-order valence-electron chi connectivity index (χ3n) is 5.79. The van der Waals surface area contributed by atoms with Crippen molar-refractivity contribution in [3.05, 3.63) is 47.2 Å². The first-order valence-corrected chi connectivity index (χ1v) is 9.75. The molecule has 5 rings (SSSR count). The minimum absolute atomic E-state index is 0.224. The van der Waals surface area contributed by atoms with Crippen LogP contribution in [0.1, 0.15) is 35.4 Å². The normalized spacial score (nSPS) is 19.6. The van der Waals surface area contributed by atoms with Crippen molar-refractivity contribution in [1.29, 1.82) is 0 Å². The van der Waals surface area contributed by atoms with Gasteiger partial charge in [0, 0.05) is 48.3 Å². The Labute approximate surface area is 162 Å². The van der Waals surface area contributed by atoms with E-state index >= 15 is 0 Å². The van der Waals surface area contributed by atoms with Crippen molar-refractivity contribution >= 4 is 11.6 Å². The predicted molar refractivity (Wildman–Crippen MR) is 103 cm³/mol. The highest BCUT2D eigenvalue weighted by Gasteiger charge is 2.24. The molecule has 1 saturated heterocycles. The maximum absolute atomic E-state index is 14.4. The van der Waals surface area contributed by atoms with E-state index < -0.39 is 0 Å². The summed E-state index contributed by atoms with van der Waals surface area (Å²) in [5, 5.41) is 11.7. The second-order valence-corrected chi connectivity index (χ2v) is 7.62. The molecule has 7 nitrogen and oxygen atoms in total. The van der Waals surface area contributed by atoms with Crippen molar-refractivity contribution < 1.29 is 9.13 Å². The summed E-state index contributed by atoms with van der Waals surface area (Å²) in [5.74, 6) is 1.57. The molecule has 146 valence electrons. The van der Waals surface area contributed by atoms with Gasteiger partial charge in [0.1, 0.15) is 17.9 Å². The molecule has 2 aliphatic heterocycles. The van der Waals surface area contributed by atoms with Gasteiger partial charge in [0.05, 0.1) is 6.61 Å². The van der Waals surface area contributed by atoms with Crippen molar-refractivity contribution in [2.75, 3.05) is 32.1 Å². The highest BCUT2D eigenvalue weighted by molar-refractivity contribution is 5.53. The van der Waals surface area contributed by atoms with E-state index in [0.717, 1.165) is 48.5 Å². The van der Waals surface area contributed by atoms with Gasteiger partial charge in [-0.3, -0.25) is 4.40 Å². The fraction of sp³-hybridized carbons (Fsp3) is 0.450. The van der Waals surface area contributed by atoms with Gasteiger partial charge in [0.15, 0.2) is 5.65 Å². The van der Waals surface area contributed by atoms with Crippen LogP contribution in [0.3, 0.4) is 0 Å². The monoisotopic (exact) mass is 382 g/mol. The Morgan fingerprint density at radius 2 is 2.29 bits per heavy atom.